The summed E-state index contributed by atoms with van der Waals surface area (Å²) >= 11 is 1.75. The first-order valence-corrected chi connectivity index (χ1v) is 8.27. The van der Waals surface area contributed by atoms with Crippen LogP contribution in [-0.4, -0.2) is 26.1 Å². The molecular weight excluding hydrogens is 316 g/mol. The number of hydrogen-bond donors (Lipinski definition) is 0. The van der Waals surface area contributed by atoms with E-state index in [1.165, 1.54) is 0 Å². The monoisotopic (exact) mass is 332 g/mol. The molecular formula is C15H16N4O3S. The highest BCUT2D eigenvalue weighted by Crippen LogP contribution is 2.25. The summed E-state index contributed by atoms with van der Waals surface area (Å²) in [5.41, 5.74) is 0.834. The third kappa shape index (κ3) is 3.89. The number of rotatable bonds is 7. The summed E-state index contributed by atoms with van der Waals surface area (Å²) in [5.74, 6) is 2.43. The van der Waals surface area contributed by atoms with Crippen molar-refractivity contribution in [1.29, 1.82) is 0 Å². The van der Waals surface area contributed by atoms with E-state index in [-0.39, 0.29) is 17.9 Å². The molecule has 0 amide bonds. The van der Waals surface area contributed by atoms with Crippen molar-refractivity contribution >= 4 is 11.8 Å². The second-order valence-corrected chi connectivity index (χ2v) is 6.29. The van der Waals surface area contributed by atoms with Crippen molar-refractivity contribution in [1.82, 2.24) is 20.3 Å². The fraction of sp³-hybridized carbons (Fsp3) is 0.333. The van der Waals surface area contributed by atoms with E-state index in [0.29, 0.717) is 17.6 Å². The number of benzene rings is 1. The lowest BCUT2D eigenvalue weighted by Gasteiger charge is -2.01. The van der Waals surface area contributed by atoms with E-state index in [1.807, 2.05) is 37.3 Å². The minimum Gasteiger partial charge on any atom is -0.439 e. The topological polar surface area (TPSA) is 87.1 Å². The van der Waals surface area contributed by atoms with Gasteiger partial charge in [0.2, 0.25) is 0 Å². The molecule has 7 nitrogen and oxygen atoms in total. The Morgan fingerprint density at radius 1 is 1.22 bits per heavy atom. The average molecular weight is 332 g/mol. The maximum absolute atomic E-state index is 5.45. The van der Waals surface area contributed by atoms with E-state index in [2.05, 4.69) is 27.3 Å². The van der Waals surface area contributed by atoms with Crippen molar-refractivity contribution in [3.63, 3.8) is 0 Å². The Hall–Kier alpha value is -2.35. The average Bonchev–Trinajstić information content (AvgIpc) is 3.23. The quantitative estimate of drug-likeness (QED) is 0.649. The fourth-order valence-corrected chi connectivity index (χ4v) is 2.65. The molecule has 0 spiro atoms. The Balaban J connectivity index is 1.60. The molecule has 0 saturated carbocycles. The minimum atomic E-state index is 0.0691. The van der Waals surface area contributed by atoms with Crippen molar-refractivity contribution in [2.24, 2.45) is 0 Å². The second kappa shape index (κ2) is 7.28. The van der Waals surface area contributed by atoms with E-state index in [4.69, 9.17) is 13.7 Å². The standard InChI is InChI=1S/C15H16N4O3S/c1-3-23-10(2)13-16-12(22-19-13)9-20-15-18-17-14(21-15)11-7-5-4-6-8-11/h4-8,10H,3,9H2,1-2H3/t10-/m0/s1. The molecule has 0 fully saturated rings. The third-order valence-corrected chi connectivity index (χ3v) is 4.05. The van der Waals surface area contributed by atoms with Crippen molar-refractivity contribution < 1.29 is 13.7 Å². The summed E-state index contributed by atoms with van der Waals surface area (Å²) in [7, 11) is 0. The molecule has 1 aromatic carbocycles. The van der Waals surface area contributed by atoms with Crippen molar-refractivity contribution in [2.75, 3.05) is 5.75 Å². The van der Waals surface area contributed by atoms with Gasteiger partial charge in [-0.15, -0.1) is 5.10 Å². The fourth-order valence-electron chi connectivity index (χ4n) is 1.91. The number of aromatic nitrogens is 4. The van der Waals surface area contributed by atoms with Crippen molar-refractivity contribution in [3.05, 3.63) is 42.0 Å². The van der Waals surface area contributed by atoms with Gasteiger partial charge >= 0.3 is 6.08 Å². The molecule has 0 saturated heterocycles. The van der Waals surface area contributed by atoms with E-state index in [1.54, 1.807) is 11.8 Å². The summed E-state index contributed by atoms with van der Waals surface area (Å²) in [4.78, 5) is 4.30. The van der Waals surface area contributed by atoms with Gasteiger partial charge in [-0.05, 0) is 24.8 Å². The smallest absolute Gasteiger partial charge is 0.415 e. The molecule has 2 heterocycles. The highest BCUT2D eigenvalue weighted by Gasteiger charge is 2.15. The van der Waals surface area contributed by atoms with Gasteiger partial charge in [0.1, 0.15) is 0 Å². The first-order valence-electron chi connectivity index (χ1n) is 7.22. The van der Waals surface area contributed by atoms with Gasteiger partial charge in [-0.1, -0.05) is 35.4 Å². The van der Waals surface area contributed by atoms with Crippen molar-refractivity contribution in [2.45, 2.75) is 25.7 Å². The van der Waals surface area contributed by atoms with Crippen LogP contribution in [0.2, 0.25) is 0 Å². The zero-order valence-corrected chi connectivity index (χ0v) is 13.6. The summed E-state index contributed by atoms with van der Waals surface area (Å²) in [5, 5.41) is 11.9. The van der Waals surface area contributed by atoms with Gasteiger partial charge in [0.15, 0.2) is 12.4 Å². The summed E-state index contributed by atoms with van der Waals surface area (Å²) in [6.07, 6.45) is 0.0691. The molecule has 0 aliphatic heterocycles. The first kappa shape index (κ1) is 15.5. The Morgan fingerprint density at radius 3 is 2.83 bits per heavy atom. The van der Waals surface area contributed by atoms with Crippen LogP contribution in [0.25, 0.3) is 11.5 Å². The Labute approximate surface area is 137 Å². The minimum absolute atomic E-state index is 0.0691. The molecule has 120 valence electrons. The predicted molar refractivity (Wildman–Crippen MR) is 84.9 cm³/mol. The SMILES string of the molecule is CCS[C@@H](C)c1noc(COc2nnc(-c3ccccc3)o2)n1. The first-order chi connectivity index (χ1) is 11.3. The van der Waals surface area contributed by atoms with Crippen LogP contribution in [0, 0.1) is 0 Å². The molecule has 0 aliphatic rings. The van der Waals surface area contributed by atoms with Crippen LogP contribution in [0.1, 0.15) is 30.8 Å². The number of nitrogens with zero attached hydrogens (tertiary/aromatic N) is 4. The largest absolute Gasteiger partial charge is 0.439 e. The van der Waals surface area contributed by atoms with Gasteiger partial charge in [0, 0.05) is 5.56 Å². The second-order valence-electron chi connectivity index (χ2n) is 4.67. The molecule has 3 rings (SSSR count). The maximum atomic E-state index is 5.45. The molecule has 0 N–H and O–H groups in total. The van der Waals surface area contributed by atoms with Gasteiger partial charge in [0.05, 0.1) is 5.25 Å². The Kier molecular flexibility index (Phi) is 4.92. The zero-order chi connectivity index (χ0) is 16.1. The molecule has 1 atom stereocenters. The zero-order valence-electron chi connectivity index (χ0n) is 12.8. The van der Waals surface area contributed by atoms with Crippen LogP contribution < -0.4 is 4.74 Å². The van der Waals surface area contributed by atoms with Crippen LogP contribution >= 0.6 is 11.8 Å². The number of hydrogen-bond acceptors (Lipinski definition) is 8. The number of ether oxygens (including phenoxy) is 1. The Bertz CT molecular complexity index is 744. The highest BCUT2D eigenvalue weighted by atomic mass is 32.2. The summed E-state index contributed by atoms with van der Waals surface area (Å²) in [6.45, 7) is 4.21. The van der Waals surface area contributed by atoms with E-state index in [9.17, 15) is 0 Å². The van der Waals surface area contributed by atoms with Gasteiger partial charge in [-0.25, -0.2) is 0 Å². The van der Waals surface area contributed by atoms with E-state index >= 15 is 0 Å². The molecule has 0 radical (unpaired) electrons. The predicted octanol–water partition coefficient (Wildman–Crippen LogP) is 3.51. The Morgan fingerprint density at radius 2 is 2.04 bits per heavy atom. The van der Waals surface area contributed by atoms with E-state index < -0.39 is 0 Å². The molecule has 0 bridgehead atoms. The van der Waals surface area contributed by atoms with Crippen LogP contribution in [-0.2, 0) is 6.61 Å². The normalized spacial score (nSPS) is 12.3. The van der Waals surface area contributed by atoms with Gasteiger partial charge in [-0.3, -0.25) is 0 Å². The maximum Gasteiger partial charge on any atom is 0.415 e. The third-order valence-electron chi connectivity index (χ3n) is 3.01. The summed E-state index contributed by atoms with van der Waals surface area (Å²) < 4.78 is 16.0. The summed E-state index contributed by atoms with van der Waals surface area (Å²) in [6, 6.07) is 9.48. The van der Waals surface area contributed by atoms with Crippen LogP contribution in [0.4, 0.5) is 0 Å². The lowest BCUT2D eigenvalue weighted by molar-refractivity contribution is 0.188. The lowest BCUT2D eigenvalue weighted by atomic mass is 10.2. The highest BCUT2D eigenvalue weighted by molar-refractivity contribution is 7.99. The van der Waals surface area contributed by atoms with Gasteiger partial charge in [-0.2, -0.15) is 16.7 Å². The van der Waals surface area contributed by atoms with Gasteiger partial charge < -0.3 is 13.7 Å². The molecule has 0 unspecified atom stereocenters. The van der Waals surface area contributed by atoms with Crippen molar-refractivity contribution in [3.8, 4) is 17.5 Å². The lowest BCUT2D eigenvalue weighted by Crippen LogP contribution is -1.97. The molecule has 0 aliphatic carbocycles. The van der Waals surface area contributed by atoms with Crippen LogP contribution in [0.5, 0.6) is 6.08 Å². The molecule has 3 aromatic rings. The van der Waals surface area contributed by atoms with Crippen LogP contribution in [0.15, 0.2) is 39.3 Å². The van der Waals surface area contributed by atoms with Gasteiger partial charge in [0.25, 0.3) is 11.8 Å². The van der Waals surface area contributed by atoms with E-state index in [0.717, 1.165) is 11.3 Å². The molecule has 8 heteroatoms. The molecule has 23 heavy (non-hydrogen) atoms. The molecule has 2 aromatic heterocycles. The van der Waals surface area contributed by atoms with Crippen LogP contribution in [0.3, 0.4) is 0 Å². The number of thioether (sulfide) groups is 1.